The van der Waals surface area contributed by atoms with Gasteiger partial charge < -0.3 is 51.4 Å². The number of likely N-dealkylation sites (tertiary alicyclic amines) is 1. The lowest BCUT2D eigenvalue weighted by molar-refractivity contribution is -0.147. The molecule has 0 spiro atoms. The molecule has 15 heteroatoms. The number of ether oxygens (including phenoxy) is 2. The Bertz CT molecular complexity index is 1520. The summed E-state index contributed by atoms with van der Waals surface area (Å²) in [6.45, 7) is 4.01. The van der Waals surface area contributed by atoms with Crippen LogP contribution in [0.3, 0.4) is 0 Å². The number of β-amino-alcohol motifs (C(OH)–C–C–N with tert-alkyl or cyclic N) is 1. The smallest absolute Gasteiger partial charge is 0.328 e. The molecule has 3 rings (SSSR count). The van der Waals surface area contributed by atoms with Crippen molar-refractivity contribution in [3.63, 3.8) is 0 Å². The molecule has 0 unspecified atom stereocenters. The lowest BCUT2D eigenvalue weighted by atomic mass is 10.0. The number of phenols is 1. The van der Waals surface area contributed by atoms with E-state index in [4.69, 9.17) is 15.2 Å². The summed E-state index contributed by atoms with van der Waals surface area (Å²) < 4.78 is 10.7. The number of aryl methyl sites for hydroxylation is 1. The number of esters is 1. The Morgan fingerprint density at radius 3 is 2.20 bits per heavy atom. The van der Waals surface area contributed by atoms with Crippen molar-refractivity contribution in [1.82, 2.24) is 20.9 Å². The predicted molar refractivity (Wildman–Crippen MR) is 205 cm³/mol. The number of aliphatic hydroxyl groups is 2. The van der Waals surface area contributed by atoms with Crippen molar-refractivity contribution in [2.45, 2.75) is 121 Å². The number of rotatable bonds is 23. The van der Waals surface area contributed by atoms with Gasteiger partial charge in [0.15, 0.2) is 0 Å². The molecule has 15 nitrogen and oxygen atoms in total. The minimum Gasteiger partial charge on any atom is -0.508 e. The lowest BCUT2D eigenvalue weighted by Gasteiger charge is -2.31. The molecule has 2 aromatic rings. The van der Waals surface area contributed by atoms with Crippen LogP contribution in [-0.4, -0.2) is 113 Å². The van der Waals surface area contributed by atoms with E-state index in [2.05, 4.69) is 22.9 Å². The largest absolute Gasteiger partial charge is 0.508 e. The van der Waals surface area contributed by atoms with Crippen molar-refractivity contribution >= 4 is 29.6 Å². The van der Waals surface area contributed by atoms with Gasteiger partial charge in [-0.25, -0.2) is 4.79 Å². The van der Waals surface area contributed by atoms with Gasteiger partial charge in [-0.15, -0.1) is 0 Å². The van der Waals surface area contributed by atoms with Gasteiger partial charge in [-0.2, -0.15) is 0 Å². The zero-order valence-electron chi connectivity index (χ0n) is 32.2. The van der Waals surface area contributed by atoms with Crippen LogP contribution < -0.4 is 26.4 Å². The maximum absolute atomic E-state index is 13.9. The monoisotopic (exact) mass is 769 g/mol. The first-order valence-corrected chi connectivity index (χ1v) is 19.2. The van der Waals surface area contributed by atoms with E-state index < -0.39 is 66.0 Å². The van der Waals surface area contributed by atoms with E-state index in [1.807, 2.05) is 0 Å². The maximum Gasteiger partial charge on any atom is 0.328 e. The lowest BCUT2D eigenvalue weighted by Crippen LogP contribution is -2.60. The van der Waals surface area contributed by atoms with E-state index in [1.54, 1.807) is 36.4 Å². The molecular formula is C40H59N5O10. The summed E-state index contributed by atoms with van der Waals surface area (Å²) in [5.41, 5.74) is 6.79. The van der Waals surface area contributed by atoms with Crippen LogP contribution in [0.4, 0.5) is 0 Å². The molecule has 1 fully saturated rings. The highest BCUT2D eigenvalue weighted by Crippen LogP contribution is 2.22. The summed E-state index contributed by atoms with van der Waals surface area (Å²) in [5, 5.41) is 38.6. The van der Waals surface area contributed by atoms with Crippen molar-refractivity contribution in [1.29, 1.82) is 0 Å². The molecule has 0 aromatic heterocycles. The molecule has 0 bridgehead atoms. The van der Waals surface area contributed by atoms with Crippen molar-refractivity contribution in [2.24, 2.45) is 5.73 Å². The molecule has 55 heavy (non-hydrogen) atoms. The van der Waals surface area contributed by atoms with Gasteiger partial charge in [-0.3, -0.25) is 19.2 Å². The molecule has 0 aliphatic carbocycles. The van der Waals surface area contributed by atoms with Gasteiger partial charge in [0.1, 0.15) is 35.7 Å². The molecule has 0 saturated carbocycles. The average molecular weight is 770 g/mol. The number of phenolic OH excluding ortho intramolecular Hbond substituents is 1. The zero-order valence-corrected chi connectivity index (χ0v) is 32.2. The molecule has 8 N–H and O–H groups in total. The molecular weight excluding hydrogens is 710 g/mol. The Labute approximate surface area is 323 Å². The third-order valence-corrected chi connectivity index (χ3v) is 9.57. The first-order valence-electron chi connectivity index (χ1n) is 19.2. The Kier molecular flexibility index (Phi) is 18.9. The standard InChI is InChI=1S/C40H59N5O10/c1-4-5-6-7-8-9-23-55-31-19-15-28(16-20-31)36(49)42-32(11-10-22-41)37(50)44-35(26(2)46)39(52)45-25-30(48)24-34(45)38(51)43-33(40(53)54-3)21-14-27-12-17-29(47)18-13-27/h12-13,15-20,26,30,32-35,46-48H,4-11,14,21-25,41H2,1-3H3,(H,42,49)(H,43,51)(H,44,50)/t26-,30-,32+,33+,34+,35+/m1/s1. The van der Waals surface area contributed by atoms with Crippen LogP contribution >= 0.6 is 0 Å². The van der Waals surface area contributed by atoms with Gasteiger partial charge in [0.05, 0.1) is 25.9 Å². The number of aromatic hydroxyl groups is 1. The highest BCUT2D eigenvalue weighted by atomic mass is 16.5. The Hall–Kier alpha value is -4.73. The first kappa shape index (κ1) is 44.7. The topological polar surface area (TPSA) is 230 Å². The average Bonchev–Trinajstić information content (AvgIpc) is 3.58. The molecule has 1 aliphatic rings. The molecule has 1 saturated heterocycles. The number of benzene rings is 2. The van der Waals surface area contributed by atoms with Crippen molar-refractivity contribution in [3.8, 4) is 11.5 Å². The van der Waals surface area contributed by atoms with Crippen molar-refractivity contribution < 1.29 is 48.8 Å². The van der Waals surface area contributed by atoms with Gasteiger partial charge in [0.25, 0.3) is 5.91 Å². The minimum atomic E-state index is -1.54. The van der Waals surface area contributed by atoms with Gasteiger partial charge in [0, 0.05) is 18.5 Å². The number of amides is 4. The first-order chi connectivity index (χ1) is 26.4. The molecule has 4 amide bonds. The fourth-order valence-electron chi connectivity index (χ4n) is 6.37. The van der Waals surface area contributed by atoms with Crippen LogP contribution in [0.1, 0.15) is 94.0 Å². The normalized spacial score (nSPS) is 17.4. The van der Waals surface area contributed by atoms with Crippen LogP contribution in [0.15, 0.2) is 48.5 Å². The quantitative estimate of drug-likeness (QED) is 0.0639. The van der Waals surface area contributed by atoms with Crippen LogP contribution in [0.2, 0.25) is 0 Å². The number of nitrogens with one attached hydrogen (secondary N) is 3. The van der Waals surface area contributed by atoms with E-state index in [-0.39, 0.29) is 43.7 Å². The Morgan fingerprint density at radius 1 is 0.891 bits per heavy atom. The van der Waals surface area contributed by atoms with Gasteiger partial charge >= 0.3 is 5.97 Å². The van der Waals surface area contributed by atoms with Crippen LogP contribution in [-0.2, 0) is 30.3 Å². The SMILES string of the molecule is CCCCCCCCOc1ccc(C(=O)N[C@@H](CCCN)C(=O)N[C@H](C(=O)N2C[C@H](O)C[C@H]2C(=O)N[C@@H](CCc2ccc(O)cc2)C(=O)OC)[C@@H](C)O)cc1. The summed E-state index contributed by atoms with van der Waals surface area (Å²) >= 11 is 0. The van der Waals surface area contributed by atoms with Gasteiger partial charge in [-0.05, 0) is 87.5 Å². The third kappa shape index (κ3) is 14.5. The highest BCUT2D eigenvalue weighted by molar-refractivity contribution is 5.99. The summed E-state index contributed by atoms with van der Waals surface area (Å²) in [6.07, 6.45) is 5.16. The number of nitrogens with zero attached hydrogens (tertiary/aromatic N) is 1. The van der Waals surface area contributed by atoms with E-state index in [0.717, 1.165) is 23.3 Å². The zero-order chi connectivity index (χ0) is 40.3. The van der Waals surface area contributed by atoms with Crippen LogP contribution in [0, 0.1) is 0 Å². The van der Waals surface area contributed by atoms with Gasteiger partial charge in [0.2, 0.25) is 17.7 Å². The van der Waals surface area contributed by atoms with Crippen molar-refractivity contribution in [2.75, 3.05) is 26.8 Å². The number of carbonyl (C=O) groups is 5. The number of hydrogen-bond donors (Lipinski definition) is 7. The fraction of sp³-hybridized carbons (Fsp3) is 0.575. The number of carbonyl (C=O) groups excluding carboxylic acids is 5. The second-order valence-electron chi connectivity index (χ2n) is 14.0. The number of hydrogen-bond acceptors (Lipinski definition) is 11. The maximum atomic E-state index is 13.9. The molecule has 1 heterocycles. The molecule has 1 aliphatic heterocycles. The number of nitrogens with two attached hydrogens (primary N) is 1. The molecule has 0 radical (unpaired) electrons. The third-order valence-electron chi connectivity index (χ3n) is 9.57. The summed E-state index contributed by atoms with van der Waals surface area (Å²) in [4.78, 5) is 68.0. The minimum absolute atomic E-state index is 0.0826. The summed E-state index contributed by atoms with van der Waals surface area (Å²) in [5.74, 6) is -2.86. The number of aliphatic hydroxyl groups excluding tert-OH is 2. The van der Waals surface area contributed by atoms with Gasteiger partial charge in [-0.1, -0.05) is 51.2 Å². The van der Waals surface area contributed by atoms with Crippen molar-refractivity contribution in [3.05, 3.63) is 59.7 Å². The molecule has 6 atom stereocenters. The predicted octanol–water partition coefficient (Wildman–Crippen LogP) is 2.09. The second kappa shape index (κ2) is 23.2. The van der Waals surface area contributed by atoms with E-state index in [9.17, 15) is 39.3 Å². The second-order valence-corrected chi connectivity index (χ2v) is 14.0. The van der Waals surface area contributed by atoms with Crippen LogP contribution in [0.25, 0.3) is 0 Å². The summed E-state index contributed by atoms with van der Waals surface area (Å²) in [6, 6.07) is 7.94. The van der Waals surface area contributed by atoms with E-state index in [1.165, 1.54) is 51.8 Å². The number of methoxy groups -OCH3 is 1. The van der Waals surface area contributed by atoms with Crippen LogP contribution in [0.5, 0.6) is 11.5 Å². The summed E-state index contributed by atoms with van der Waals surface area (Å²) in [7, 11) is 1.18. The Balaban J connectivity index is 1.65. The highest BCUT2D eigenvalue weighted by Gasteiger charge is 2.44. The molecule has 2 aromatic carbocycles. The van der Waals surface area contributed by atoms with E-state index >= 15 is 0 Å². The molecule has 304 valence electrons. The Morgan fingerprint density at radius 2 is 1.56 bits per heavy atom. The fourth-order valence-corrected chi connectivity index (χ4v) is 6.37. The number of unbranched alkanes of at least 4 members (excludes halogenated alkanes) is 5. The van der Waals surface area contributed by atoms with E-state index in [0.29, 0.717) is 25.2 Å².